The average molecular weight is 290 g/mol. The molecule has 0 aromatic heterocycles. The lowest BCUT2D eigenvalue weighted by atomic mass is 9.91. The summed E-state index contributed by atoms with van der Waals surface area (Å²) < 4.78 is 0. The van der Waals surface area contributed by atoms with E-state index in [0.29, 0.717) is 6.04 Å². The third kappa shape index (κ3) is 3.85. The number of hydrogen-bond donors (Lipinski definition) is 2. The molecule has 0 spiro atoms. The zero-order chi connectivity index (χ0) is 15.2. The highest BCUT2D eigenvalue weighted by Gasteiger charge is 2.32. The van der Waals surface area contributed by atoms with Crippen molar-refractivity contribution >= 4 is 0 Å². The van der Waals surface area contributed by atoms with Crippen LogP contribution < -0.4 is 5.73 Å². The summed E-state index contributed by atoms with van der Waals surface area (Å²) in [6.45, 7) is 5.24. The Morgan fingerprint density at radius 2 is 1.95 bits per heavy atom. The van der Waals surface area contributed by atoms with Crippen LogP contribution in [0, 0.1) is 6.92 Å². The molecule has 0 amide bonds. The second kappa shape index (κ2) is 7.92. The summed E-state index contributed by atoms with van der Waals surface area (Å²) in [7, 11) is 0. The van der Waals surface area contributed by atoms with Crippen molar-refractivity contribution in [1.82, 2.24) is 4.90 Å². The van der Waals surface area contributed by atoms with Gasteiger partial charge in [-0.1, -0.05) is 44.0 Å². The summed E-state index contributed by atoms with van der Waals surface area (Å²) in [5.74, 6) is 0. The first-order valence-electron chi connectivity index (χ1n) is 8.36. The van der Waals surface area contributed by atoms with E-state index in [9.17, 15) is 5.11 Å². The number of hydrogen-bond acceptors (Lipinski definition) is 3. The van der Waals surface area contributed by atoms with Gasteiger partial charge in [-0.25, -0.2) is 0 Å². The lowest BCUT2D eigenvalue weighted by Gasteiger charge is -2.40. The zero-order valence-corrected chi connectivity index (χ0v) is 13.5. The third-order valence-electron chi connectivity index (χ3n) is 4.89. The standard InChI is InChI=1S/C18H30N2O/c1-3-17(19)18(16-11-7-4-8-14(16)2)20(12-13-21)15-9-5-6-10-15/h4,7-8,11,15,17-18,21H,3,5-6,9-10,12-13,19H2,1-2H3. The van der Waals surface area contributed by atoms with Crippen molar-refractivity contribution < 1.29 is 5.11 Å². The van der Waals surface area contributed by atoms with E-state index in [1.54, 1.807) is 0 Å². The van der Waals surface area contributed by atoms with E-state index in [1.165, 1.54) is 36.8 Å². The van der Waals surface area contributed by atoms with E-state index in [1.807, 2.05) is 0 Å². The Kier molecular flexibility index (Phi) is 6.22. The summed E-state index contributed by atoms with van der Waals surface area (Å²) in [5, 5.41) is 9.53. The van der Waals surface area contributed by atoms with Crippen molar-refractivity contribution in [2.45, 2.75) is 64.1 Å². The van der Waals surface area contributed by atoms with Crippen molar-refractivity contribution in [3.05, 3.63) is 35.4 Å². The molecular formula is C18H30N2O. The molecule has 0 bridgehead atoms. The molecule has 3 nitrogen and oxygen atoms in total. The van der Waals surface area contributed by atoms with Crippen molar-refractivity contribution in [2.75, 3.05) is 13.2 Å². The van der Waals surface area contributed by atoms with E-state index in [-0.39, 0.29) is 18.7 Å². The number of nitrogens with zero attached hydrogens (tertiary/aromatic N) is 1. The molecule has 1 saturated carbocycles. The van der Waals surface area contributed by atoms with Gasteiger partial charge in [0.2, 0.25) is 0 Å². The molecule has 1 aliphatic carbocycles. The molecule has 0 aliphatic heterocycles. The van der Waals surface area contributed by atoms with Gasteiger partial charge in [-0.3, -0.25) is 4.90 Å². The molecule has 1 aromatic rings. The van der Waals surface area contributed by atoms with E-state index in [4.69, 9.17) is 5.73 Å². The first-order valence-corrected chi connectivity index (χ1v) is 8.36. The van der Waals surface area contributed by atoms with Gasteiger partial charge in [0.05, 0.1) is 12.6 Å². The van der Waals surface area contributed by atoms with Gasteiger partial charge in [0.25, 0.3) is 0 Å². The molecule has 1 fully saturated rings. The average Bonchev–Trinajstić information content (AvgIpc) is 3.02. The predicted molar refractivity (Wildman–Crippen MR) is 88.2 cm³/mol. The van der Waals surface area contributed by atoms with Crippen molar-refractivity contribution in [2.24, 2.45) is 5.73 Å². The van der Waals surface area contributed by atoms with Crippen LogP contribution >= 0.6 is 0 Å². The Morgan fingerprint density at radius 1 is 1.29 bits per heavy atom. The molecule has 2 atom stereocenters. The molecule has 1 aromatic carbocycles. The Morgan fingerprint density at radius 3 is 2.52 bits per heavy atom. The van der Waals surface area contributed by atoms with Crippen LogP contribution in [-0.2, 0) is 0 Å². The lowest BCUT2D eigenvalue weighted by molar-refractivity contribution is 0.0879. The maximum Gasteiger partial charge on any atom is 0.0558 e. The van der Waals surface area contributed by atoms with Gasteiger partial charge in [-0.15, -0.1) is 0 Å². The van der Waals surface area contributed by atoms with Crippen LogP contribution in [0.1, 0.15) is 56.2 Å². The summed E-state index contributed by atoms with van der Waals surface area (Å²) in [6, 6.07) is 9.44. The number of nitrogens with two attached hydrogens (primary N) is 1. The third-order valence-corrected chi connectivity index (χ3v) is 4.89. The molecule has 3 heteroatoms. The number of aliphatic hydroxyl groups is 1. The van der Waals surface area contributed by atoms with Crippen LogP contribution in [0.5, 0.6) is 0 Å². The zero-order valence-electron chi connectivity index (χ0n) is 13.5. The van der Waals surface area contributed by atoms with Crippen LogP contribution in [0.4, 0.5) is 0 Å². The molecule has 2 unspecified atom stereocenters. The highest BCUT2D eigenvalue weighted by molar-refractivity contribution is 5.30. The number of aryl methyl sites for hydroxylation is 1. The SMILES string of the molecule is CCC(N)C(c1ccccc1C)N(CCO)C1CCCC1. The van der Waals surface area contributed by atoms with Gasteiger partial charge in [0, 0.05) is 18.6 Å². The number of benzene rings is 1. The van der Waals surface area contributed by atoms with Gasteiger partial charge in [0.15, 0.2) is 0 Å². The molecule has 0 saturated heterocycles. The number of rotatable bonds is 7. The van der Waals surface area contributed by atoms with Crippen LogP contribution in [0.3, 0.4) is 0 Å². The highest BCUT2D eigenvalue weighted by atomic mass is 16.3. The smallest absolute Gasteiger partial charge is 0.0558 e. The minimum Gasteiger partial charge on any atom is -0.395 e. The van der Waals surface area contributed by atoms with Gasteiger partial charge in [-0.05, 0) is 37.3 Å². The second-order valence-corrected chi connectivity index (χ2v) is 6.27. The molecule has 0 radical (unpaired) electrons. The maximum atomic E-state index is 9.53. The Balaban J connectivity index is 2.34. The molecule has 0 heterocycles. The fourth-order valence-electron chi connectivity index (χ4n) is 3.70. The fraction of sp³-hybridized carbons (Fsp3) is 0.667. The van der Waals surface area contributed by atoms with Gasteiger partial charge < -0.3 is 10.8 Å². The summed E-state index contributed by atoms with van der Waals surface area (Å²) in [4.78, 5) is 2.48. The van der Waals surface area contributed by atoms with Crippen LogP contribution in [0.25, 0.3) is 0 Å². The van der Waals surface area contributed by atoms with Crippen LogP contribution in [0.15, 0.2) is 24.3 Å². The molecule has 2 rings (SSSR count). The van der Waals surface area contributed by atoms with Crippen molar-refractivity contribution in [3.8, 4) is 0 Å². The molecule has 118 valence electrons. The normalized spacial score (nSPS) is 19.1. The first kappa shape index (κ1) is 16.5. The van der Waals surface area contributed by atoms with E-state index < -0.39 is 0 Å². The summed E-state index contributed by atoms with van der Waals surface area (Å²) in [5.41, 5.74) is 9.12. The van der Waals surface area contributed by atoms with Gasteiger partial charge in [-0.2, -0.15) is 0 Å². The van der Waals surface area contributed by atoms with Crippen molar-refractivity contribution in [1.29, 1.82) is 0 Å². The van der Waals surface area contributed by atoms with Crippen LogP contribution in [-0.4, -0.2) is 35.2 Å². The summed E-state index contributed by atoms with van der Waals surface area (Å²) in [6.07, 6.45) is 6.02. The number of aliphatic hydroxyl groups excluding tert-OH is 1. The molecule has 21 heavy (non-hydrogen) atoms. The Bertz CT molecular complexity index is 429. The Hall–Kier alpha value is -0.900. The molecular weight excluding hydrogens is 260 g/mol. The molecule has 1 aliphatic rings. The largest absolute Gasteiger partial charge is 0.395 e. The second-order valence-electron chi connectivity index (χ2n) is 6.27. The lowest BCUT2D eigenvalue weighted by Crippen LogP contribution is -2.46. The van der Waals surface area contributed by atoms with Gasteiger partial charge >= 0.3 is 0 Å². The highest BCUT2D eigenvalue weighted by Crippen LogP contribution is 2.34. The van der Waals surface area contributed by atoms with E-state index >= 15 is 0 Å². The Labute approximate surface area is 129 Å². The predicted octanol–water partition coefficient (Wildman–Crippen LogP) is 3.01. The monoisotopic (exact) mass is 290 g/mol. The van der Waals surface area contributed by atoms with E-state index in [2.05, 4.69) is 43.0 Å². The van der Waals surface area contributed by atoms with Crippen LogP contribution in [0.2, 0.25) is 0 Å². The topological polar surface area (TPSA) is 49.5 Å². The minimum atomic E-state index is 0.109. The van der Waals surface area contributed by atoms with Gasteiger partial charge in [0.1, 0.15) is 0 Å². The molecule has 3 N–H and O–H groups in total. The first-order chi connectivity index (χ1) is 10.2. The fourth-order valence-corrected chi connectivity index (χ4v) is 3.70. The minimum absolute atomic E-state index is 0.109. The quantitative estimate of drug-likeness (QED) is 0.811. The van der Waals surface area contributed by atoms with Crippen molar-refractivity contribution in [3.63, 3.8) is 0 Å². The maximum absolute atomic E-state index is 9.53. The van der Waals surface area contributed by atoms with E-state index in [0.717, 1.165) is 13.0 Å². The summed E-state index contributed by atoms with van der Waals surface area (Å²) >= 11 is 0.